The Labute approximate surface area is 74.4 Å². The molecule has 1 nitrogen and oxygen atoms in total. The number of hydrogen-bond acceptors (Lipinski definition) is 1. The minimum atomic E-state index is 0.692. The predicted molar refractivity (Wildman–Crippen MR) is 50.4 cm³/mol. The lowest BCUT2D eigenvalue weighted by Crippen LogP contribution is -1.94. The van der Waals surface area contributed by atoms with E-state index >= 15 is 0 Å². The summed E-state index contributed by atoms with van der Waals surface area (Å²) in [6.07, 6.45) is 1.10. The third-order valence-electron chi connectivity index (χ3n) is 1.70. The van der Waals surface area contributed by atoms with E-state index in [9.17, 15) is 0 Å². The molecule has 0 aliphatic carbocycles. The molecule has 0 aliphatic rings. The largest absolute Gasteiger partial charge is 0.496 e. The molecule has 0 saturated carbocycles. The summed E-state index contributed by atoms with van der Waals surface area (Å²) in [7, 11) is 1.67. The Morgan fingerprint density at radius 2 is 2.25 bits per heavy atom. The van der Waals surface area contributed by atoms with E-state index in [0.717, 1.165) is 12.2 Å². The van der Waals surface area contributed by atoms with Gasteiger partial charge in [0.25, 0.3) is 0 Å². The van der Waals surface area contributed by atoms with Gasteiger partial charge in [-0.2, -0.15) is 0 Å². The van der Waals surface area contributed by atoms with Crippen LogP contribution in [0.2, 0.25) is 0 Å². The summed E-state index contributed by atoms with van der Waals surface area (Å²) in [5, 5.41) is 0. The van der Waals surface area contributed by atoms with Gasteiger partial charge in [-0.05, 0) is 24.0 Å². The molecule has 1 aromatic rings. The smallest absolute Gasteiger partial charge is 0.127 e. The fourth-order valence-corrected chi connectivity index (χ4v) is 1.21. The highest BCUT2D eigenvalue weighted by Gasteiger charge is 1.98. The van der Waals surface area contributed by atoms with Gasteiger partial charge in [0.05, 0.1) is 7.11 Å². The first-order valence-corrected chi connectivity index (χ1v) is 4.27. The van der Waals surface area contributed by atoms with Crippen LogP contribution in [0.3, 0.4) is 0 Å². The van der Waals surface area contributed by atoms with Crippen LogP contribution in [0, 0.1) is 12.0 Å². The zero-order valence-corrected chi connectivity index (χ0v) is 7.92. The zero-order valence-electron chi connectivity index (χ0n) is 7.92. The van der Waals surface area contributed by atoms with Crippen molar-refractivity contribution in [3.63, 3.8) is 0 Å². The van der Waals surface area contributed by atoms with Crippen molar-refractivity contribution < 1.29 is 4.74 Å². The van der Waals surface area contributed by atoms with Crippen molar-refractivity contribution in [3.05, 3.63) is 29.8 Å². The van der Waals surface area contributed by atoms with E-state index in [1.807, 2.05) is 12.1 Å². The summed E-state index contributed by atoms with van der Waals surface area (Å²) in [5.74, 6) is 1.52. The molecule has 1 rings (SSSR count). The Hall–Kier alpha value is -0.980. The van der Waals surface area contributed by atoms with Gasteiger partial charge in [0.2, 0.25) is 0 Å². The van der Waals surface area contributed by atoms with Gasteiger partial charge in [0.1, 0.15) is 5.75 Å². The Morgan fingerprint density at radius 3 is 2.83 bits per heavy atom. The first-order valence-electron chi connectivity index (χ1n) is 4.27. The number of benzene rings is 1. The maximum absolute atomic E-state index is 5.08. The van der Waals surface area contributed by atoms with Gasteiger partial charge in [0.15, 0.2) is 0 Å². The van der Waals surface area contributed by atoms with Gasteiger partial charge in [-0.25, -0.2) is 0 Å². The molecule has 0 aromatic heterocycles. The minimum absolute atomic E-state index is 0.692. The molecule has 1 heteroatoms. The first-order chi connectivity index (χ1) is 5.72. The second-order valence-electron chi connectivity index (χ2n) is 3.36. The van der Waals surface area contributed by atoms with Crippen molar-refractivity contribution in [2.24, 2.45) is 5.92 Å². The lowest BCUT2D eigenvalue weighted by molar-refractivity contribution is 0.413. The van der Waals surface area contributed by atoms with Crippen LogP contribution in [-0.2, 0) is 6.42 Å². The molecular formula is C11H15O. The van der Waals surface area contributed by atoms with Crippen molar-refractivity contribution in [2.75, 3.05) is 7.11 Å². The van der Waals surface area contributed by atoms with E-state index in [2.05, 4.69) is 26.0 Å². The van der Waals surface area contributed by atoms with E-state index in [1.165, 1.54) is 5.56 Å². The molecular weight excluding hydrogens is 148 g/mol. The molecule has 0 amide bonds. The second-order valence-corrected chi connectivity index (χ2v) is 3.36. The van der Waals surface area contributed by atoms with Gasteiger partial charge in [-0.15, -0.1) is 0 Å². The normalized spacial score (nSPS) is 10.3. The lowest BCUT2D eigenvalue weighted by atomic mass is 10.0. The van der Waals surface area contributed by atoms with Crippen molar-refractivity contribution in [1.29, 1.82) is 0 Å². The van der Waals surface area contributed by atoms with Crippen molar-refractivity contribution in [2.45, 2.75) is 20.3 Å². The van der Waals surface area contributed by atoms with Crippen LogP contribution in [0.1, 0.15) is 19.4 Å². The van der Waals surface area contributed by atoms with Crippen LogP contribution in [0.15, 0.2) is 18.2 Å². The first kappa shape index (κ1) is 9.11. The van der Waals surface area contributed by atoms with Crippen LogP contribution < -0.4 is 4.74 Å². The molecule has 12 heavy (non-hydrogen) atoms. The topological polar surface area (TPSA) is 9.23 Å². The van der Waals surface area contributed by atoms with Gasteiger partial charge in [0, 0.05) is 6.07 Å². The fraction of sp³-hybridized carbons (Fsp3) is 0.455. The van der Waals surface area contributed by atoms with Crippen LogP contribution in [0.25, 0.3) is 0 Å². The number of rotatable bonds is 3. The molecule has 0 aliphatic heterocycles. The SMILES string of the molecule is COc1[c]ccc(CC(C)C)c1. The van der Waals surface area contributed by atoms with E-state index in [-0.39, 0.29) is 0 Å². The molecule has 0 heterocycles. The minimum Gasteiger partial charge on any atom is -0.496 e. The van der Waals surface area contributed by atoms with Crippen LogP contribution >= 0.6 is 0 Å². The molecule has 0 saturated heterocycles. The van der Waals surface area contributed by atoms with Crippen LogP contribution in [-0.4, -0.2) is 7.11 Å². The van der Waals surface area contributed by atoms with Crippen LogP contribution in [0.5, 0.6) is 5.75 Å². The third-order valence-corrected chi connectivity index (χ3v) is 1.70. The summed E-state index contributed by atoms with van der Waals surface area (Å²) in [6.45, 7) is 4.42. The monoisotopic (exact) mass is 163 g/mol. The molecule has 0 N–H and O–H groups in total. The average Bonchev–Trinajstić information content (AvgIpc) is 2.03. The van der Waals surface area contributed by atoms with Crippen molar-refractivity contribution >= 4 is 0 Å². The maximum Gasteiger partial charge on any atom is 0.127 e. The molecule has 65 valence electrons. The van der Waals surface area contributed by atoms with Crippen LogP contribution in [0.4, 0.5) is 0 Å². The van der Waals surface area contributed by atoms with Crippen molar-refractivity contribution in [1.82, 2.24) is 0 Å². The predicted octanol–water partition coefficient (Wildman–Crippen LogP) is 2.69. The quantitative estimate of drug-likeness (QED) is 0.665. The van der Waals surface area contributed by atoms with Crippen molar-refractivity contribution in [3.8, 4) is 5.75 Å². The Balaban J connectivity index is 2.72. The number of hydrogen-bond donors (Lipinski definition) is 0. The average molecular weight is 163 g/mol. The van der Waals surface area contributed by atoms with E-state index < -0.39 is 0 Å². The molecule has 0 fully saturated rings. The molecule has 0 atom stereocenters. The molecule has 0 bridgehead atoms. The van der Waals surface area contributed by atoms with Gasteiger partial charge < -0.3 is 4.74 Å². The Bertz CT molecular complexity index is 241. The molecule has 1 aromatic carbocycles. The van der Waals surface area contributed by atoms with Gasteiger partial charge in [-0.1, -0.05) is 26.0 Å². The standard InChI is InChI=1S/C11H15O/c1-9(2)7-10-5-4-6-11(8-10)12-3/h4-5,8-9H,7H2,1-3H3. The zero-order chi connectivity index (χ0) is 8.97. The van der Waals surface area contributed by atoms with E-state index in [1.54, 1.807) is 7.11 Å². The van der Waals surface area contributed by atoms with Gasteiger partial charge >= 0.3 is 0 Å². The highest BCUT2D eigenvalue weighted by atomic mass is 16.5. The Kier molecular flexibility index (Phi) is 3.15. The lowest BCUT2D eigenvalue weighted by Gasteiger charge is -2.05. The van der Waals surface area contributed by atoms with Gasteiger partial charge in [-0.3, -0.25) is 0 Å². The second kappa shape index (κ2) is 4.15. The Morgan fingerprint density at radius 1 is 1.50 bits per heavy atom. The molecule has 1 radical (unpaired) electrons. The molecule has 0 unspecified atom stereocenters. The summed E-state index contributed by atoms with van der Waals surface area (Å²) >= 11 is 0. The number of ether oxygens (including phenoxy) is 1. The molecule has 0 spiro atoms. The summed E-state index contributed by atoms with van der Waals surface area (Å²) < 4.78 is 5.08. The maximum atomic E-state index is 5.08. The third kappa shape index (κ3) is 2.57. The van der Waals surface area contributed by atoms with E-state index in [0.29, 0.717) is 5.92 Å². The number of methoxy groups -OCH3 is 1. The summed E-state index contributed by atoms with van der Waals surface area (Å²) in [4.78, 5) is 0. The van der Waals surface area contributed by atoms with E-state index in [4.69, 9.17) is 4.74 Å². The summed E-state index contributed by atoms with van der Waals surface area (Å²) in [5.41, 5.74) is 1.32. The highest BCUT2D eigenvalue weighted by Crippen LogP contribution is 2.14. The summed E-state index contributed by atoms with van der Waals surface area (Å²) in [6, 6.07) is 9.05. The fourth-order valence-electron chi connectivity index (χ4n) is 1.21. The highest BCUT2D eigenvalue weighted by molar-refractivity contribution is 5.27.